The number of anilines is 1. The minimum Gasteiger partial charge on any atom is -0.381 e. The van der Waals surface area contributed by atoms with Crippen LogP contribution in [0, 0.1) is 0 Å². The van der Waals surface area contributed by atoms with Gasteiger partial charge in [0.05, 0.1) is 11.3 Å². The lowest BCUT2D eigenvalue weighted by Gasteiger charge is -2.23. The smallest absolute Gasteiger partial charge is 0.196 e. The maximum atomic E-state index is 12.9. The molecule has 2 aromatic carbocycles. The maximum absolute atomic E-state index is 12.9. The van der Waals surface area contributed by atoms with E-state index in [2.05, 4.69) is 35.1 Å². The Morgan fingerprint density at radius 3 is 2.27 bits per heavy atom. The molecule has 3 rings (SSSR count). The van der Waals surface area contributed by atoms with Crippen LogP contribution in [0.2, 0.25) is 0 Å². The van der Waals surface area contributed by atoms with Crippen LogP contribution in [0.1, 0.15) is 52.1 Å². The number of carbonyl (C=O) groups excluding carboxylic acids is 2. The highest BCUT2D eigenvalue weighted by atomic mass is 79.9. The zero-order valence-electron chi connectivity index (χ0n) is 12.4. The Bertz CT molecular complexity index is 783. The summed E-state index contributed by atoms with van der Waals surface area (Å²) in [5.74, 6) is -0.192. The summed E-state index contributed by atoms with van der Waals surface area (Å²) in [5.41, 5.74) is 2.61. The van der Waals surface area contributed by atoms with Gasteiger partial charge in [-0.25, -0.2) is 0 Å². The van der Waals surface area contributed by atoms with Crippen molar-refractivity contribution in [2.24, 2.45) is 0 Å². The summed E-state index contributed by atoms with van der Waals surface area (Å²) < 4.78 is 0.798. The molecule has 0 fully saturated rings. The fourth-order valence-corrected chi connectivity index (χ4v) is 3.10. The lowest BCUT2D eigenvalue weighted by Crippen LogP contribution is -2.24. The van der Waals surface area contributed by atoms with Crippen molar-refractivity contribution >= 4 is 33.2 Å². The Hall–Kier alpha value is -1.94. The van der Waals surface area contributed by atoms with Crippen molar-refractivity contribution in [3.05, 3.63) is 63.1 Å². The predicted octanol–water partition coefficient (Wildman–Crippen LogP) is 4.43. The molecule has 1 aliphatic carbocycles. The van der Waals surface area contributed by atoms with E-state index in [-0.39, 0.29) is 17.6 Å². The lowest BCUT2D eigenvalue weighted by atomic mass is 9.83. The lowest BCUT2D eigenvalue weighted by molar-refractivity contribution is 0.0979. The summed E-state index contributed by atoms with van der Waals surface area (Å²) in [6, 6.07) is 10.7. The molecule has 4 heteroatoms. The van der Waals surface area contributed by atoms with Crippen molar-refractivity contribution in [3.63, 3.8) is 0 Å². The second-order valence-electron chi connectivity index (χ2n) is 5.50. The van der Waals surface area contributed by atoms with Crippen molar-refractivity contribution < 1.29 is 9.59 Å². The van der Waals surface area contributed by atoms with Gasteiger partial charge < -0.3 is 5.32 Å². The Kier molecular flexibility index (Phi) is 3.87. The molecule has 22 heavy (non-hydrogen) atoms. The first-order valence-corrected chi connectivity index (χ1v) is 8.11. The number of benzene rings is 2. The number of hydrogen-bond donors (Lipinski definition) is 1. The molecular formula is C18H16BrNO2. The van der Waals surface area contributed by atoms with Crippen LogP contribution in [-0.2, 0) is 0 Å². The third kappa shape index (κ3) is 2.28. The van der Waals surface area contributed by atoms with E-state index in [0.29, 0.717) is 27.9 Å². The maximum Gasteiger partial charge on any atom is 0.196 e. The van der Waals surface area contributed by atoms with E-state index >= 15 is 0 Å². The first-order chi connectivity index (χ1) is 10.5. The van der Waals surface area contributed by atoms with Crippen LogP contribution in [0.3, 0.4) is 0 Å². The van der Waals surface area contributed by atoms with E-state index in [1.807, 2.05) is 6.07 Å². The minimum atomic E-state index is -0.0997. The molecule has 0 radical (unpaired) electrons. The molecule has 1 unspecified atom stereocenters. The number of rotatable bonds is 3. The van der Waals surface area contributed by atoms with Crippen molar-refractivity contribution in [2.45, 2.75) is 26.3 Å². The number of hydrogen-bond acceptors (Lipinski definition) is 3. The fourth-order valence-electron chi connectivity index (χ4n) is 2.65. The molecule has 0 aromatic heterocycles. The Morgan fingerprint density at radius 1 is 1.00 bits per heavy atom. The van der Waals surface area contributed by atoms with Gasteiger partial charge in [-0.3, -0.25) is 9.59 Å². The summed E-state index contributed by atoms with van der Waals surface area (Å²) in [6.45, 7) is 4.12. The van der Waals surface area contributed by atoms with Gasteiger partial charge in [0.1, 0.15) is 0 Å². The van der Waals surface area contributed by atoms with E-state index in [1.54, 1.807) is 30.3 Å². The second kappa shape index (κ2) is 5.69. The Labute approximate surface area is 137 Å². The van der Waals surface area contributed by atoms with E-state index in [4.69, 9.17) is 0 Å². The van der Waals surface area contributed by atoms with E-state index < -0.39 is 0 Å². The van der Waals surface area contributed by atoms with E-state index in [9.17, 15) is 9.59 Å². The number of nitrogens with one attached hydrogen (secondary N) is 1. The van der Waals surface area contributed by atoms with Crippen molar-refractivity contribution in [3.8, 4) is 0 Å². The van der Waals surface area contributed by atoms with Crippen LogP contribution < -0.4 is 5.32 Å². The van der Waals surface area contributed by atoms with Crippen LogP contribution in [0.5, 0.6) is 0 Å². The topological polar surface area (TPSA) is 46.2 Å². The molecule has 1 aliphatic rings. The first kappa shape index (κ1) is 15.0. The summed E-state index contributed by atoms with van der Waals surface area (Å²) in [5, 5.41) is 3.35. The van der Waals surface area contributed by atoms with E-state index in [1.165, 1.54) is 0 Å². The molecule has 3 nitrogen and oxygen atoms in total. The number of carbonyl (C=O) groups is 2. The van der Waals surface area contributed by atoms with Gasteiger partial charge in [0.2, 0.25) is 0 Å². The Morgan fingerprint density at radius 2 is 1.64 bits per heavy atom. The molecular weight excluding hydrogens is 342 g/mol. The zero-order valence-corrected chi connectivity index (χ0v) is 14.0. The van der Waals surface area contributed by atoms with Crippen LogP contribution in [0.4, 0.5) is 5.69 Å². The summed E-state index contributed by atoms with van der Waals surface area (Å²) in [6.07, 6.45) is 0.925. The second-order valence-corrected chi connectivity index (χ2v) is 6.36. The highest BCUT2D eigenvalue weighted by molar-refractivity contribution is 9.10. The average Bonchev–Trinajstić information content (AvgIpc) is 2.54. The number of fused-ring (bicyclic) bond motifs is 2. The van der Waals surface area contributed by atoms with Gasteiger partial charge in [-0.15, -0.1) is 0 Å². The standard InChI is InChI=1S/C18H16BrNO2/c1-3-10(2)20-16-14(19)9-8-13-15(16)18(22)12-7-5-4-6-11(12)17(13)21/h4-10,20H,3H2,1-2H3. The number of halogens is 1. The van der Waals surface area contributed by atoms with Gasteiger partial charge in [-0.05, 0) is 41.4 Å². The molecule has 0 aliphatic heterocycles. The van der Waals surface area contributed by atoms with Crippen molar-refractivity contribution in [2.75, 3.05) is 5.32 Å². The van der Waals surface area contributed by atoms with Crippen LogP contribution in [0.25, 0.3) is 0 Å². The fraction of sp³-hybridized carbons (Fsp3) is 0.222. The molecule has 0 amide bonds. The molecule has 0 bridgehead atoms. The molecule has 0 spiro atoms. The normalized spacial score (nSPS) is 14.3. The summed E-state index contributed by atoms with van der Waals surface area (Å²) in [7, 11) is 0. The highest BCUT2D eigenvalue weighted by Gasteiger charge is 2.32. The van der Waals surface area contributed by atoms with Gasteiger partial charge in [0.15, 0.2) is 11.6 Å². The summed E-state index contributed by atoms with van der Waals surface area (Å²) in [4.78, 5) is 25.6. The van der Waals surface area contributed by atoms with Gasteiger partial charge >= 0.3 is 0 Å². The molecule has 1 atom stereocenters. The highest BCUT2D eigenvalue weighted by Crippen LogP contribution is 2.36. The largest absolute Gasteiger partial charge is 0.381 e. The predicted molar refractivity (Wildman–Crippen MR) is 90.8 cm³/mol. The van der Waals surface area contributed by atoms with Gasteiger partial charge in [0.25, 0.3) is 0 Å². The molecule has 0 heterocycles. The van der Waals surface area contributed by atoms with Gasteiger partial charge in [0, 0.05) is 27.2 Å². The minimum absolute atomic E-state index is 0.0927. The molecule has 0 saturated carbocycles. The SMILES string of the molecule is CCC(C)Nc1c(Br)ccc2c1C(=O)c1ccccc1C2=O. The van der Waals surface area contributed by atoms with Gasteiger partial charge in [-0.2, -0.15) is 0 Å². The quantitative estimate of drug-likeness (QED) is 0.753. The first-order valence-electron chi connectivity index (χ1n) is 7.32. The monoisotopic (exact) mass is 357 g/mol. The van der Waals surface area contributed by atoms with Crippen LogP contribution in [-0.4, -0.2) is 17.6 Å². The van der Waals surface area contributed by atoms with Crippen molar-refractivity contribution in [1.82, 2.24) is 0 Å². The van der Waals surface area contributed by atoms with E-state index in [0.717, 1.165) is 10.9 Å². The van der Waals surface area contributed by atoms with Gasteiger partial charge in [-0.1, -0.05) is 31.2 Å². The molecule has 112 valence electrons. The number of ketones is 2. The summed E-state index contributed by atoms with van der Waals surface area (Å²) >= 11 is 3.49. The van der Waals surface area contributed by atoms with Crippen molar-refractivity contribution in [1.29, 1.82) is 0 Å². The average molecular weight is 358 g/mol. The third-order valence-corrected chi connectivity index (χ3v) is 4.71. The molecule has 1 N–H and O–H groups in total. The Balaban J connectivity index is 2.22. The third-order valence-electron chi connectivity index (χ3n) is 4.05. The van der Waals surface area contributed by atoms with Crippen LogP contribution >= 0.6 is 15.9 Å². The molecule has 0 saturated heterocycles. The molecule has 2 aromatic rings. The van der Waals surface area contributed by atoms with Crippen LogP contribution in [0.15, 0.2) is 40.9 Å². The zero-order chi connectivity index (χ0) is 15.9.